The molecule has 0 aromatic carbocycles. The van der Waals surface area contributed by atoms with Crippen LogP contribution in [0.5, 0.6) is 0 Å². The first kappa shape index (κ1) is 12.2. The minimum Gasteiger partial charge on any atom is -0.351 e. The standard InChI is InChI=1S/C14H20N2OS/c17-13-2-5-14(15-13)4-1-7-16(8-6-14)10-12-3-9-18-11-12/h3,9,11H,1-2,4-8,10H2,(H,15,17). The molecule has 1 atom stereocenters. The summed E-state index contributed by atoms with van der Waals surface area (Å²) in [5.74, 6) is 0.251. The Morgan fingerprint density at radius 2 is 2.28 bits per heavy atom. The fourth-order valence-electron chi connectivity index (χ4n) is 3.20. The van der Waals surface area contributed by atoms with Crippen LogP contribution in [0.2, 0.25) is 0 Å². The van der Waals surface area contributed by atoms with E-state index in [1.807, 2.05) is 0 Å². The third-order valence-corrected chi connectivity index (χ3v) is 4.99. The molecule has 1 amide bonds. The Morgan fingerprint density at radius 1 is 1.33 bits per heavy atom. The number of rotatable bonds is 2. The van der Waals surface area contributed by atoms with Crippen molar-refractivity contribution in [3.05, 3.63) is 22.4 Å². The van der Waals surface area contributed by atoms with Gasteiger partial charge in [0.15, 0.2) is 0 Å². The van der Waals surface area contributed by atoms with Crippen LogP contribution in [0.15, 0.2) is 16.8 Å². The van der Waals surface area contributed by atoms with Crippen molar-refractivity contribution in [2.45, 2.75) is 44.2 Å². The van der Waals surface area contributed by atoms with E-state index in [4.69, 9.17) is 0 Å². The molecule has 2 fully saturated rings. The number of hydrogen-bond acceptors (Lipinski definition) is 3. The summed E-state index contributed by atoms with van der Waals surface area (Å²) in [7, 11) is 0. The lowest BCUT2D eigenvalue weighted by atomic mass is 9.89. The van der Waals surface area contributed by atoms with E-state index in [1.54, 1.807) is 11.3 Å². The zero-order valence-corrected chi connectivity index (χ0v) is 11.5. The molecule has 1 aromatic heterocycles. The van der Waals surface area contributed by atoms with Gasteiger partial charge in [-0.1, -0.05) is 0 Å². The van der Waals surface area contributed by atoms with Gasteiger partial charge in [-0.3, -0.25) is 9.69 Å². The van der Waals surface area contributed by atoms with Gasteiger partial charge in [-0.2, -0.15) is 11.3 Å². The number of carbonyl (C=O) groups is 1. The largest absolute Gasteiger partial charge is 0.351 e. The Labute approximate surface area is 112 Å². The summed E-state index contributed by atoms with van der Waals surface area (Å²) in [5.41, 5.74) is 1.55. The van der Waals surface area contributed by atoms with Crippen molar-refractivity contribution in [3.8, 4) is 0 Å². The molecule has 1 spiro atoms. The van der Waals surface area contributed by atoms with Gasteiger partial charge in [0.2, 0.25) is 5.91 Å². The number of nitrogens with one attached hydrogen (secondary N) is 1. The summed E-state index contributed by atoms with van der Waals surface area (Å²) in [6, 6.07) is 2.21. The molecule has 18 heavy (non-hydrogen) atoms. The molecule has 0 aliphatic carbocycles. The van der Waals surface area contributed by atoms with E-state index >= 15 is 0 Å². The summed E-state index contributed by atoms with van der Waals surface area (Å²) in [6.45, 7) is 3.33. The third-order valence-electron chi connectivity index (χ3n) is 4.26. The highest BCUT2D eigenvalue weighted by Crippen LogP contribution is 2.31. The average molecular weight is 264 g/mol. The number of carbonyl (C=O) groups excluding carboxylic acids is 1. The van der Waals surface area contributed by atoms with Crippen LogP contribution in [-0.2, 0) is 11.3 Å². The fourth-order valence-corrected chi connectivity index (χ4v) is 3.86. The molecule has 1 aromatic rings. The van der Waals surface area contributed by atoms with E-state index in [0.29, 0.717) is 0 Å². The highest BCUT2D eigenvalue weighted by Gasteiger charge is 2.38. The zero-order chi connectivity index (χ0) is 12.4. The monoisotopic (exact) mass is 264 g/mol. The van der Waals surface area contributed by atoms with Gasteiger partial charge in [0.1, 0.15) is 0 Å². The molecule has 3 rings (SSSR count). The van der Waals surface area contributed by atoms with E-state index in [2.05, 4.69) is 27.0 Å². The summed E-state index contributed by atoms with van der Waals surface area (Å²) in [6.07, 6.45) is 5.23. The van der Waals surface area contributed by atoms with E-state index in [1.165, 1.54) is 12.0 Å². The van der Waals surface area contributed by atoms with E-state index in [-0.39, 0.29) is 11.4 Å². The van der Waals surface area contributed by atoms with Gasteiger partial charge in [-0.05, 0) is 54.6 Å². The van der Waals surface area contributed by atoms with Gasteiger partial charge in [0.05, 0.1) is 0 Å². The van der Waals surface area contributed by atoms with Crippen LogP contribution in [0.3, 0.4) is 0 Å². The van der Waals surface area contributed by atoms with Gasteiger partial charge in [-0.25, -0.2) is 0 Å². The number of amides is 1. The first-order valence-electron chi connectivity index (χ1n) is 6.80. The second-order valence-corrected chi connectivity index (χ2v) is 6.37. The SMILES string of the molecule is O=C1CCC2(CCCN(Cc3ccsc3)CC2)N1. The Morgan fingerprint density at radius 3 is 3.00 bits per heavy atom. The Balaban J connectivity index is 1.60. The first-order chi connectivity index (χ1) is 8.76. The molecule has 3 nitrogen and oxygen atoms in total. The van der Waals surface area contributed by atoms with Gasteiger partial charge in [0.25, 0.3) is 0 Å². The third kappa shape index (κ3) is 2.59. The molecule has 2 saturated heterocycles. The second-order valence-electron chi connectivity index (χ2n) is 5.59. The van der Waals surface area contributed by atoms with Crippen molar-refractivity contribution in [1.82, 2.24) is 10.2 Å². The summed E-state index contributed by atoms with van der Waals surface area (Å²) in [4.78, 5) is 14.0. The van der Waals surface area contributed by atoms with E-state index in [9.17, 15) is 4.79 Å². The summed E-state index contributed by atoms with van der Waals surface area (Å²) >= 11 is 1.77. The number of hydrogen-bond donors (Lipinski definition) is 1. The van der Waals surface area contributed by atoms with Gasteiger partial charge in [0, 0.05) is 25.0 Å². The first-order valence-corrected chi connectivity index (χ1v) is 7.75. The lowest BCUT2D eigenvalue weighted by molar-refractivity contribution is -0.119. The average Bonchev–Trinajstić information content (AvgIpc) is 2.92. The van der Waals surface area contributed by atoms with Crippen molar-refractivity contribution in [2.75, 3.05) is 13.1 Å². The Kier molecular flexibility index (Phi) is 3.39. The highest BCUT2D eigenvalue weighted by molar-refractivity contribution is 7.07. The molecule has 2 aliphatic rings. The Hall–Kier alpha value is -0.870. The quantitative estimate of drug-likeness (QED) is 0.889. The maximum atomic E-state index is 11.4. The minimum absolute atomic E-state index is 0.125. The lowest BCUT2D eigenvalue weighted by Gasteiger charge is -2.27. The maximum absolute atomic E-state index is 11.4. The predicted molar refractivity (Wildman–Crippen MR) is 73.6 cm³/mol. The van der Waals surface area contributed by atoms with Gasteiger partial charge in [-0.15, -0.1) is 0 Å². The summed E-state index contributed by atoms with van der Waals surface area (Å²) in [5, 5.41) is 7.60. The number of likely N-dealkylation sites (tertiary alicyclic amines) is 1. The second kappa shape index (κ2) is 5.02. The van der Waals surface area contributed by atoms with E-state index < -0.39 is 0 Å². The summed E-state index contributed by atoms with van der Waals surface area (Å²) < 4.78 is 0. The molecule has 98 valence electrons. The Bertz CT molecular complexity index is 417. The molecule has 1 N–H and O–H groups in total. The topological polar surface area (TPSA) is 32.3 Å². The van der Waals surface area contributed by atoms with Crippen LogP contribution < -0.4 is 5.32 Å². The molecule has 3 heterocycles. The van der Waals surface area contributed by atoms with Crippen molar-refractivity contribution in [2.24, 2.45) is 0 Å². The lowest BCUT2D eigenvalue weighted by Crippen LogP contribution is -2.42. The predicted octanol–water partition coefficient (Wildman–Crippen LogP) is 2.38. The van der Waals surface area contributed by atoms with Crippen LogP contribution in [0.25, 0.3) is 0 Å². The fraction of sp³-hybridized carbons (Fsp3) is 0.643. The zero-order valence-electron chi connectivity index (χ0n) is 10.7. The molecular weight excluding hydrogens is 244 g/mol. The van der Waals surface area contributed by atoms with Crippen LogP contribution in [0.4, 0.5) is 0 Å². The van der Waals surface area contributed by atoms with Gasteiger partial charge >= 0.3 is 0 Å². The van der Waals surface area contributed by atoms with Crippen LogP contribution in [0.1, 0.15) is 37.7 Å². The number of nitrogens with zero attached hydrogens (tertiary/aromatic N) is 1. The van der Waals surface area contributed by atoms with Crippen molar-refractivity contribution in [3.63, 3.8) is 0 Å². The van der Waals surface area contributed by atoms with Gasteiger partial charge < -0.3 is 5.32 Å². The van der Waals surface area contributed by atoms with Crippen molar-refractivity contribution < 1.29 is 4.79 Å². The molecular formula is C14H20N2OS. The minimum atomic E-state index is 0.125. The molecule has 4 heteroatoms. The molecule has 0 radical (unpaired) electrons. The van der Waals surface area contributed by atoms with Crippen molar-refractivity contribution in [1.29, 1.82) is 0 Å². The maximum Gasteiger partial charge on any atom is 0.220 e. The normalized spacial score (nSPS) is 29.4. The van der Waals surface area contributed by atoms with Crippen molar-refractivity contribution >= 4 is 17.2 Å². The number of thiophene rings is 1. The highest BCUT2D eigenvalue weighted by atomic mass is 32.1. The van der Waals surface area contributed by atoms with Crippen LogP contribution in [-0.4, -0.2) is 29.4 Å². The van der Waals surface area contributed by atoms with Crippen LogP contribution in [0, 0.1) is 0 Å². The molecule has 0 saturated carbocycles. The smallest absolute Gasteiger partial charge is 0.220 e. The molecule has 1 unspecified atom stereocenters. The molecule has 2 aliphatic heterocycles. The van der Waals surface area contributed by atoms with E-state index in [0.717, 1.165) is 45.3 Å². The molecule has 0 bridgehead atoms. The van der Waals surface area contributed by atoms with Crippen LogP contribution >= 0.6 is 11.3 Å².